The second kappa shape index (κ2) is 7.71. The molecule has 0 bridgehead atoms. The molecule has 1 unspecified atom stereocenters. The molecule has 1 aliphatic heterocycles. The maximum absolute atomic E-state index is 11.4. The van der Waals surface area contributed by atoms with Gasteiger partial charge in [-0.25, -0.2) is 0 Å². The van der Waals surface area contributed by atoms with Crippen LogP contribution in [0.25, 0.3) is 0 Å². The fraction of sp³-hybridized carbons (Fsp3) is 0.923. The van der Waals surface area contributed by atoms with Crippen molar-refractivity contribution >= 4 is 5.97 Å². The molecule has 0 radical (unpaired) electrons. The van der Waals surface area contributed by atoms with Crippen molar-refractivity contribution in [2.75, 3.05) is 40.6 Å². The predicted molar refractivity (Wildman–Crippen MR) is 68.5 cm³/mol. The van der Waals surface area contributed by atoms with Gasteiger partial charge in [-0.3, -0.25) is 4.79 Å². The van der Waals surface area contributed by atoms with Crippen LogP contribution in [0.2, 0.25) is 0 Å². The maximum atomic E-state index is 11.4. The number of hydrogen-bond donors (Lipinski definition) is 1. The van der Waals surface area contributed by atoms with Crippen LogP contribution in [0.3, 0.4) is 0 Å². The summed E-state index contributed by atoms with van der Waals surface area (Å²) in [6.45, 7) is 4.95. The summed E-state index contributed by atoms with van der Waals surface area (Å²) in [6.07, 6.45) is 3.02. The molecule has 0 aliphatic carbocycles. The molecule has 1 atom stereocenters. The molecule has 1 saturated heterocycles. The number of carbonyl (C=O) groups is 1. The highest BCUT2D eigenvalue weighted by Gasteiger charge is 2.33. The minimum absolute atomic E-state index is 0.177. The van der Waals surface area contributed by atoms with Crippen molar-refractivity contribution in [3.05, 3.63) is 0 Å². The van der Waals surface area contributed by atoms with E-state index >= 15 is 0 Å². The molecule has 1 fully saturated rings. The van der Waals surface area contributed by atoms with E-state index in [0.717, 1.165) is 45.6 Å². The van der Waals surface area contributed by atoms with Crippen molar-refractivity contribution in [1.82, 2.24) is 5.32 Å². The number of ether oxygens (including phenoxy) is 3. The summed E-state index contributed by atoms with van der Waals surface area (Å²) in [6, 6.07) is -0.266. The lowest BCUT2D eigenvalue weighted by Crippen LogP contribution is -2.45. The number of methoxy groups -OCH3 is 2. The molecule has 0 amide bonds. The van der Waals surface area contributed by atoms with Gasteiger partial charge in [0.25, 0.3) is 0 Å². The molecule has 1 aliphatic rings. The van der Waals surface area contributed by atoms with Gasteiger partial charge in [0.15, 0.2) is 0 Å². The quantitative estimate of drug-likeness (QED) is 0.690. The number of esters is 1. The SMILES string of the molecule is COCCC1(CNC(C)C(=O)OC)CCOCC1. The Balaban J connectivity index is 2.47. The highest BCUT2D eigenvalue weighted by molar-refractivity contribution is 5.75. The molecule has 0 saturated carbocycles. The average molecular weight is 259 g/mol. The maximum Gasteiger partial charge on any atom is 0.322 e. The van der Waals surface area contributed by atoms with Gasteiger partial charge in [0.05, 0.1) is 7.11 Å². The fourth-order valence-corrected chi connectivity index (χ4v) is 2.27. The topological polar surface area (TPSA) is 56.8 Å². The number of hydrogen-bond acceptors (Lipinski definition) is 5. The van der Waals surface area contributed by atoms with Crippen LogP contribution in [0.4, 0.5) is 0 Å². The number of nitrogens with one attached hydrogen (secondary N) is 1. The van der Waals surface area contributed by atoms with E-state index in [9.17, 15) is 4.79 Å². The Morgan fingerprint density at radius 1 is 1.39 bits per heavy atom. The second-order valence-electron chi connectivity index (χ2n) is 4.98. The first-order chi connectivity index (χ1) is 8.63. The van der Waals surface area contributed by atoms with Gasteiger partial charge >= 0.3 is 5.97 Å². The lowest BCUT2D eigenvalue weighted by Gasteiger charge is -2.38. The van der Waals surface area contributed by atoms with E-state index in [2.05, 4.69) is 5.32 Å². The zero-order chi connectivity index (χ0) is 13.4. The fourth-order valence-electron chi connectivity index (χ4n) is 2.27. The smallest absolute Gasteiger partial charge is 0.322 e. The summed E-state index contributed by atoms with van der Waals surface area (Å²) >= 11 is 0. The first-order valence-corrected chi connectivity index (χ1v) is 6.51. The third kappa shape index (κ3) is 4.55. The molecule has 0 aromatic carbocycles. The largest absolute Gasteiger partial charge is 0.468 e. The van der Waals surface area contributed by atoms with Crippen LogP contribution in [0.5, 0.6) is 0 Å². The highest BCUT2D eigenvalue weighted by atomic mass is 16.5. The third-order valence-electron chi connectivity index (χ3n) is 3.73. The van der Waals surface area contributed by atoms with Gasteiger partial charge < -0.3 is 19.5 Å². The summed E-state index contributed by atoms with van der Waals surface area (Å²) < 4.78 is 15.3. The summed E-state index contributed by atoms with van der Waals surface area (Å²) in [7, 11) is 3.13. The zero-order valence-electron chi connectivity index (χ0n) is 11.7. The molecule has 0 spiro atoms. The van der Waals surface area contributed by atoms with Gasteiger partial charge in [-0.15, -0.1) is 0 Å². The molecular weight excluding hydrogens is 234 g/mol. The Hall–Kier alpha value is -0.650. The van der Waals surface area contributed by atoms with Crippen LogP contribution >= 0.6 is 0 Å². The van der Waals surface area contributed by atoms with Crippen molar-refractivity contribution in [2.24, 2.45) is 5.41 Å². The van der Waals surface area contributed by atoms with Crippen molar-refractivity contribution in [3.63, 3.8) is 0 Å². The van der Waals surface area contributed by atoms with Crippen LogP contribution < -0.4 is 5.32 Å². The molecule has 106 valence electrons. The average Bonchev–Trinajstić information content (AvgIpc) is 2.43. The summed E-state index contributed by atoms with van der Waals surface area (Å²) in [5.74, 6) is -0.219. The van der Waals surface area contributed by atoms with E-state index in [1.807, 2.05) is 6.92 Å². The predicted octanol–water partition coefficient (Wildman–Crippen LogP) is 0.971. The molecule has 5 nitrogen and oxygen atoms in total. The molecule has 0 aromatic rings. The molecule has 1 N–H and O–H groups in total. The van der Waals surface area contributed by atoms with Crippen molar-refractivity contribution in [3.8, 4) is 0 Å². The van der Waals surface area contributed by atoms with Crippen LogP contribution in [-0.2, 0) is 19.0 Å². The Kier molecular flexibility index (Phi) is 6.60. The van der Waals surface area contributed by atoms with Crippen LogP contribution in [0, 0.1) is 5.41 Å². The third-order valence-corrected chi connectivity index (χ3v) is 3.73. The van der Waals surface area contributed by atoms with Gasteiger partial charge in [0, 0.05) is 33.5 Å². The highest BCUT2D eigenvalue weighted by Crippen LogP contribution is 2.33. The van der Waals surface area contributed by atoms with Crippen molar-refractivity contribution < 1.29 is 19.0 Å². The molecular formula is C13H25NO4. The van der Waals surface area contributed by atoms with E-state index in [0.29, 0.717) is 0 Å². The van der Waals surface area contributed by atoms with E-state index < -0.39 is 0 Å². The van der Waals surface area contributed by atoms with Gasteiger partial charge in [0.2, 0.25) is 0 Å². The lowest BCUT2D eigenvalue weighted by molar-refractivity contribution is -0.142. The number of rotatable bonds is 7. The van der Waals surface area contributed by atoms with Gasteiger partial charge in [-0.2, -0.15) is 0 Å². The van der Waals surface area contributed by atoms with Gasteiger partial charge in [-0.05, 0) is 31.6 Å². The van der Waals surface area contributed by atoms with E-state index in [1.54, 1.807) is 7.11 Å². The summed E-state index contributed by atoms with van der Waals surface area (Å²) in [4.78, 5) is 11.4. The molecule has 5 heteroatoms. The normalized spacial score (nSPS) is 20.4. The van der Waals surface area contributed by atoms with Crippen LogP contribution in [-0.4, -0.2) is 52.6 Å². The molecule has 1 rings (SSSR count). The first-order valence-electron chi connectivity index (χ1n) is 6.51. The Morgan fingerprint density at radius 3 is 2.61 bits per heavy atom. The van der Waals surface area contributed by atoms with Gasteiger partial charge in [-0.1, -0.05) is 0 Å². The standard InChI is InChI=1S/C13H25NO4/c1-11(12(15)17-3)14-10-13(4-7-16-2)5-8-18-9-6-13/h11,14H,4-10H2,1-3H3. The van der Waals surface area contributed by atoms with Gasteiger partial charge in [0.1, 0.15) is 6.04 Å². The monoisotopic (exact) mass is 259 g/mol. The minimum Gasteiger partial charge on any atom is -0.468 e. The van der Waals surface area contributed by atoms with Crippen LogP contribution in [0.1, 0.15) is 26.2 Å². The van der Waals surface area contributed by atoms with Crippen molar-refractivity contribution in [2.45, 2.75) is 32.2 Å². The van der Waals surface area contributed by atoms with E-state index in [1.165, 1.54) is 7.11 Å². The Morgan fingerprint density at radius 2 is 2.06 bits per heavy atom. The first kappa shape index (κ1) is 15.4. The lowest BCUT2D eigenvalue weighted by atomic mass is 9.77. The number of carbonyl (C=O) groups excluding carboxylic acids is 1. The van der Waals surface area contributed by atoms with E-state index in [4.69, 9.17) is 14.2 Å². The molecule has 1 heterocycles. The molecule has 0 aromatic heterocycles. The second-order valence-corrected chi connectivity index (χ2v) is 4.98. The Bertz CT molecular complexity index is 251. The minimum atomic E-state index is -0.266. The summed E-state index contributed by atoms with van der Waals surface area (Å²) in [5.41, 5.74) is 0.177. The zero-order valence-corrected chi connectivity index (χ0v) is 11.7. The van der Waals surface area contributed by atoms with Crippen molar-refractivity contribution in [1.29, 1.82) is 0 Å². The Labute approximate surface area is 109 Å². The molecule has 18 heavy (non-hydrogen) atoms. The summed E-state index contributed by atoms with van der Waals surface area (Å²) in [5, 5.41) is 3.27. The van der Waals surface area contributed by atoms with E-state index in [-0.39, 0.29) is 17.4 Å². The van der Waals surface area contributed by atoms with Crippen LogP contribution in [0.15, 0.2) is 0 Å².